The SMILES string of the molecule is Cl.O=C(CC1COCCN1)N1CCN(C2CCN(c3ccccc3)C2=O)CC1. The molecule has 1 aromatic rings. The highest BCUT2D eigenvalue weighted by molar-refractivity contribution is 5.99. The van der Waals surface area contributed by atoms with Gasteiger partial charge in [0, 0.05) is 57.4 Å². The first kappa shape index (κ1) is 21.0. The molecule has 1 aromatic carbocycles. The Morgan fingerprint density at radius 1 is 1.11 bits per heavy atom. The minimum Gasteiger partial charge on any atom is -0.378 e. The molecule has 7 nitrogen and oxygen atoms in total. The molecule has 3 aliphatic rings. The molecule has 3 aliphatic heterocycles. The molecule has 3 heterocycles. The van der Waals surface area contributed by atoms with Crippen molar-refractivity contribution in [3.8, 4) is 0 Å². The number of morpholine rings is 1. The smallest absolute Gasteiger partial charge is 0.244 e. The molecule has 0 aliphatic carbocycles. The van der Waals surface area contributed by atoms with Gasteiger partial charge in [-0.3, -0.25) is 14.5 Å². The standard InChI is InChI=1S/C20H28N4O3.ClH/c25-19(14-16-15-27-13-7-21-16)23-11-9-22(10-12-23)18-6-8-24(20(18)26)17-4-2-1-3-5-17;/h1-5,16,18,21H,6-15H2;1H. The third kappa shape index (κ3) is 4.66. The number of ether oxygens (including phenoxy) is 1. The van der Waals surface area contributed by atoms with Gasteiger partial charge in [0.05, 0.1) is 19.3 Å². The van der Waals surface area contributed by atoms with E-state index in [9.17, 15) is 9.59 Å². The Bertz CT molecular complexity index is 661. The van der Waals surface area contributed by atoms with E-state index in [0.717, 1.165) is 44.9 Å². The van der Waals surface area contributed by atoms with E-state index in [1.54, 1.807) is 0 Å². The van der Waals surface area contributed by atoms with Gasteiger partial charge in [-0.2, -0.15) is 0 Å². The first-order chi connectivity index (χ1) is 13.2. The quantitative estimate of drug-likeness (QED) is 0.796. The number of nitrogens with one attached hydrogen (secondary N) is 1. The van der Waals surface area contributed by atoms with Crippen molar-refractivity contribution in [1.82, 2.24) is 15.1 Å². The van der Waals surface area contributed by atoms with Gasteiger partial charge in [-0.1, -0.05) is 18.2 Å². The number of nitrogens with zero attached hydrogens (tertiary/aromatic N) is 3. The zero-order valence-corrected chi connectivity index (χ0v) is 16.9. The van der Waals surface area contributed by atoms with E-state index in [1.165, 1.54) is 0 Å². The van der Waals surface area contributed by atoms with Gasteiger partial charge in [0.25, 0.3) is 0 Å². The fourth-order valence-corrected chi connectivity index (χ4v) is 4.24. The Morgan fingerprint density at radius 3 is 2.54 bits per heavy atom. The van der Waals surface area contributed by atoms with Gasteiger partial charge in [0.1, 0.15) is 0 Å². The molecule has 8 heteroatoms. The van der Waals surface area contributed by atoms with Crippen LogP contribution in [-0.2, 0) is 14.3 Å². The highest BCUT2D eigenvalue weighted by Crippen LogP contribution is 2.25. The average Bonchev–Trinajstić information content (AvgIpc) is 3.11. The molecule has 0 spiro atoms. The van der Waals surface area contributed by atoms with Crippen molar-refractivity contribution in [3.05, 3.63) is 30.3 Å². The highest BCUT2D eigenvalue weighted by atomic mass is 35.5. The van der Waals surface area contributed by atoms with Crippen LogP contribution in [0.25, 0.3) is 0 Å². The van der Waals surface area contributed by atoms with Gasteiger partial charge >= 0.3 is 0 Å². The minimum absolute atomic E-state index is 0. The molecule has 4 rings (SSSR count). The van der Waals surface area contributed by atoms with Crippen molar-refractivity contribution in [1.29, 1.82) is 0 Å². The fourth-order valence-electron chi connectivity index (χ4n) is 4.24. The molecule has 2 amide bonds. The molecule has 3 fully saturated rings. The number of rotatable bonds is 4. The van der Waals surface area contributed by atoms with Crippen LogP contribution in [-0.4, -0.2) is 86.2 Å². The summed E-state index contributed by atoms with van der Waals surface area (Å²) in [5.41, 5.74) is 0.973. The van der Waals surface area contributed by atoms with Crippen molar-refractivity contribution in [3.63, 3.8) is 0 Å². The maximum absolute atomic E-state index is 12.9. The molecule has 3 saturated heterocycles. The van der Waals surface area contributed by atoms with Gasteiger partial charge in [-0.25, -0.2) is 0 Å². The molecule has 2 atom stereocenters. The second-order valence-corrected chi connectivity index (χ2v) is 7.48. The lowest BCUT2D eigenvalue weighted by Gasteiger charge is -2.38. The first-order valence-corrected chi connectivity index (χ1v) is 9.92. The number of hydrogen-bond donors (Lipinski definition) is 1. The molecule has 0 aromatic heterocycles. The van der Waals surface area contributed by atoms with Crippen LogP contribution in [0.4, 0.5) is 5.69 Å². The molecule has 0 saturated carbocycles. The monoisotopic (exact) mass is 408 g/mol. The second-order valence-electron chi connectivity index (χ2n) is 7.48. The summed E-state index contributed by atoms with van der Waals surface area (Å²) in [6.45, 7) is 5.83. The predicted octanol–water partition coefficient (Wildman–Crippen LogP) is 0.736. The lowest BCUT2D eigenvalue weighted by molar-refractivity contribution is -0.135. The van der Waals surface area contributed by atoms with Gasteiger partial charge in [0.15, 0.2) is 0 Å². The largest absolute Gasteiger partial charge is 0.378 e. The topological polar surface area (TPSA) is 65.1 Å². The Hall–Kier alpha value is -1.67. The minimum atomic E-state index is -0.0594. The van der Waals surface area contributed by atoms with E-state index in [2.05, 4.69) is 10.2 Å². The van der Waals surface area contributed by atoms with Crippen LogP contribution in [0.3, 0.4) is 0 Å². The molecule has 2 unspecified atom stereocenters. The number of halogens is 1. The third-order valence-corrected chi connectivity index (χ3v) is 5.77. The number of anilines is 1. The van der Waals surface area contributed by atoms with E-state index < -0.39 is 0 Å². The predicted molar refractivity (Wildman–Crippen MR) is 110 cm³/mol. The van der Waals surface area contributed by atoms with Gasteiger partial charge in [-0.05, 0) is 18.6 Å². The van der Waals surface area contributed by atoms with Crippen molar-refractivity contribution in [2.45, 2.75) is 24.9 Å². The third-order valence-electron chi connectivity index (χ3n) is 5.77. The summed E-state index contributed by atoms with van der Waals surface area (Å²) in [5, 5.41) is 3.34. The Labute approximate surface area is 172 Å². The summed E-state index contributed by atoms with van der Waals surface area (Å²) >= 11 is 0. The molecular formula is C20H29ClN4O3. The highest BCUT2D eigenvalue weighted by Gasteiger charge is 2.38. The number of benzene rings is 1. The summed E-state index contributed by atoms with van der Waals surface area (Å²) in [6, 6.07) is 9.93. The summed E-state index contributed by atoms with van der Waals surface area (Å²) < 4.78 is 5.43. The van der Waals surface area contributed by atoms with Crippen LogP contribution < -0.4 is 10.2 Å². The zero-order valence-electron chi connectivity index (χ0n) is 16.1. The lowest BCUT2D eigenvalue weighted by Crippen LogP contribution is -2.55. The Kier molecular flexibility index (Phi) is 7.29. The number of carbonyl (C=O) groups is 2. The summed E-state index contributed by atoms with van der Waals surface area (Å²) in [7, 11) is 0. The van der Waals surface area contributed by atoms with E-state index in [-0.39, 0.29) is 36.3 Å². The molecule has 154 valence electrons. The van der Waals surface area contributed by atoms with Crippen molar-refractivity contribution < 1.29 is 14.3 Å². The van der Waals surface area contributed by atoms with Gasteiger partial charge < -0.3 is 19.9 Å². The zero-order chi connectivity index (χ0) is 18.6. The molecule has 28 heavy (non-hydrogen) atoms. The van der Waals surface area contributed by atoms with E-state index in [1.807, 2.05) is 40.1 Å². The second kappa shape index (κ2) is 9.69. The maximum Gasteiger partial charge on any atom is 0.244 e. The normalized spacial score (nSPS) is 26.2. The number of piperazine rings is 1. The van der Waals surface area contributed by atoms with Crippen LogP contribution >= 0.6 is 12.4 Å². The van der Waals surface area contributed by atoms with E-state index in [4.69, 9.17) is 4.74 Å². The van der Waals surface area contributed by atoms with Crippen LogP contribution in [0.15, 0.2) is 30.3 Å². The number of para-hydroxylation sites is 1. The van der Waals surface area contributed by atoms with Crippen LogP contribution in [0, 0.1) is 0 Å². The van der Waals surface area contributed by atoms with E-state index in [0.29, 0.717) is 26.1 Å². The summed E-state index contributed by atoms with van der Waals surface area (Å²) in [5.74, 6) is 0.367. The van der Waals surface area contributed by atoms with Crippen molar-refractivity contribution in [2.75, 3.05) is 57.4 Å². The molecule has 0 bridgehead atoms. The van der Waals surface area contributed by atoms with Gasteiger partial charge in [-0.15, -0.1) is 12.4 Å². The Morgan fingerprint density at radius 2 is 1.86 bits per heavy atom. The van der Waals surface area contributed by atoms with Gasteiger partial charge in [0.2, 0.25) is 11.8 Å². The number of carbonyl (C=O) groups excluding carboxylic acids is 2. The lowest BCUT2D eigenvalue weighted by atomic mass is 10.1. The fraction of sp³-hybridized carbons (Fsp3) is 0.600. The maximum atomic E-state index is 12.9. The first-order valence-electron chi connectivity index (χ1n) is 9.92. The molecular weight excluding hydrogens is 380 g/mol. The average molecular weight is 409 g/mol. The van der Waals surface area contributed by atoms with Crippen LogP contribution in [0.5, 0.6) is 0 Å². The van der Waals surface area contributed by atoms with Crippen molar-refractivity contribution >= 4 is 29.9 Å². The van der Waals surface area contributed by atoms with Crippen LogP contribution in [0.2, 0.25) is 0 Å². The molecule has 1 N–H and O–H groups in total. The Balaban J connectivity index is 0.00000225. The molecule has 0 radical (unpaired) electrons. The van der Waals surface area contributed by atoms with Crippen molar-refractivity contribution in [2.24, 2.45) is 0 Å². The number of hydrogen-bond acceptors (Lipinski definition) is 5. The number of amides is 2. The van der Waals surface area contributed by atoms with Crippen LogP contribution in [0.1, 0.15) is 12.8 Å². The summed E-state index contributed by atoms with van der Waals surface area (Å²) in [6.07, 6.45) is 1.34. The summed E-state index contributed by atoms with van der Waals surface area (Å²) in [4.78, 5) is 31.5. The van der Waals surface area contributed by atoms with E-state index >= 15 is 0 Å².